The van der Waals surface area contributed by atoms with E-state index in [9.17, 15) is 17.6 Å². The van der Waals surface area contributed by atoms with Crippen LogP contribution in [0, 0.1) is 23.5 Å². The quantitative estimate of drug-likeness (QED) is 0.407. The molecule has 0 unspecified atom stereocenters. The Morgan fingerprint density at radius 2 is 1.59 bits per heavy atom. The summed E-state index contributed by atoms with van der Waals surface area (Å²) >= 11 is 0. The van der Waals surface area contributed by atoms with Gasteiger partial charge in [-0.2, -0.15) is 27.6 Å². The van der Waals surface area contributed by atoms with Crippen LogP contribution in [0.25, 0.3) is 0 Å². The summed E-state index contributed by atoms with van der Waals surface area (Å²) in [5.41, 5.74) is 1.91. The van der Waals surface area contributed by atoms with Gasteiger partial charge in [-0.15, -0.1) is 0 Å². The van der Waals surface area contributed by atoms with E-state index in [2.05, 4.69) is 10.1 Å². The highest BCUT2D eigenvalue weighted by Gasteiger charge is 2.20. The number of pyridine rings is 1. The Kier molecular flexibility index (Phi) is 4.59. The molecule has 1 aromatic heterocycles. The predicted octanol–water partition coefficient (Wildman–Crippen LogP) is 3.48. The Morgan fingerprint density at radius 3 is 2.09 bits per heavy atom. The summed E-state index contributed by atoms with van der Waals surface area (Å²) in [4.78, 5) is 2.45. The summed E-state index contributed by atoms with van der Waals surface area (Å²) in [7, 11) is 1.51. The highest BCUT2D eigenvalue weighted by molar-refractivity contribution is 5.99. The fraction of sp³-hybridized carbons (Fsp3) is 0.143. The normalized spacial score (nSPS) is 11.5. The molecule has 0 spiro atoms. The van der Waals surface area contributed by atoms with E-state index in [-0.39, 0.29) is 0 Å². The van der Waals surface area contributed by atoms with Crippen molar-refractivity contribution in [2.75, 3.05) is 12.5 Å². The maximum Gasteiger partial charge on any atom is 0.254 e. The average Bonchev–Trinajstić information content (AvgIpc) is 2.53. The third-order valence-electron chi connectivity index (χ3n) is 2.84. The monoisotopic (exact) mass is 313 g/mol. The standard InChI is InChI=1S/C14H11F4N3O/c1-7(8-3-5-9(22-2)6-4-8)20-21-12-10(15)13(17)19-14(18)11(12)16/h3-6H,1-2H3,(H,19,21)/b20-7+. The van der Waals surface area contributed by atoms with Crippen LogP contribution < -0.4 is 10.2 Å². The maximum atomic E-state index is 13.4. The van der Waals surface area contributed by atoms with Gasteiger partial charge in [-0.05, 0) is 36.8 Å². The van der Waals surface area contributed by atoms with E-state index in [1.54, 1.807) is 31.2 Å². The van der Waals surface area contributed by atoms with E-state index in [0.717, 1.165) is 0 Å². The molecular weight excluding hydrogens is 302 g/mol. The van der Waals surface area contributed by atoms with Gasteiger partial charge < -0.3 is 4.74 Å². The van der Waals surface area contributed by atoms with Crippen LogP contribution in [0.2, 0.25) is 0 Å². The van der Waals surface area contributed by atoms with E-state index < -0.39 is 29.2 Å². The Hall–Kier alpha value is -2.64. The van der Waals surface area contributed by atoms with Gasteiger partial charge in [0.25, 0.3) is 11.9 Å². The zero-order valence-corrected chi connectivity index (χ0v) is 11.6. The van der Waals surface area contributed by atoms with Crippen LogP contribution in [0.15, 0.2) is 29.4 Å². The van der Waals surface area contributed by atoms with Gasteiger partial charge in [0.1, 0.15) is 11.4 Å². The van der Waals surface area contributed by atoms with E-state index in [1.807, 2.05) is 5.43 Å². The minimum Gasteiger partial charge on any atom is -0.497 e. The molecule has 2 aromatic rings. The molecule has 1 heterocycles. The number of nitrogens with zero attached hydrogens (tertiary/aromatic N) is 2. The minimum atomic E-state index is -1.75. The first kappa shape index (κ1) is 15.7. The van der Waals surface area contributed by atoms with Crippen molar-refractivity contribution >= 4 is 11.4 Å². The number of nitrogens with one attached hydrogen (secondary N) is 1. The lowest BCUT2D eigenvalue weighted by molar-refractivity contribution is 0.411. The summed E-state index contributed by atoms with van der Waals surface area (Å²) in [6, 6.07) is 6.67. The number of hydrogen-bond donors (Lipinski definition) is 1. The van der Waals surface area contributed by atoms with Crippen molar-refractivity contribution in [3.63, 3.8) is 0 Å². The lowest BCUT2D eigenvalue weighted by atomic mass is 10.1. The van der Waals surface area contributed by atoms with E-state index in [0.29, 0.717) is 17.0 Å². The molecule has 0 amide bonds. The van der Waals surface area contributed by atoms with Crippen molar-refractivity contribution < 1.29 is 22.3 Å². The Balaban J connectivity index is 2.27. The molecule has 8 heteroatoms. The van der Waals surface area contributed by atoms with Crippen LogP contribution in [0.3, 0.4) is 0 Å². The number of benzene rings is 1. The highest BCUT2D eigenvalue weighted by atomic mass is 19.2. The molecule has 22 heavy (non-hydrogen) atoms. The molecule has 0 aliphatic heterocycles. The largest absolute Gasteiger partial charge is 0.497 e. The smallest absolute Gasteiger partial charge is 0.254 e. The highest BCUT2D eigenvalue weighted by Crippen LogP contribution is 2.22. The fourth-order valence-electron chi connectivity index (χ4n) is 1.62. The van der Waals surface area contributed by atoms with Crippen molar-refractivity contribution in [3.8, 4) is 5.75 Å². The van der Waals surface area contributed by atoms with Crippen molar-refractivity contribution in [1.29, 1.82) is 0 Å². The molecular formula is C14H11F4N3O. The number of aromatic nitrogens is 1. The minimum absolute atomic E-state index is 0.346. The molecule has 0 aliphatic rings. The molecule has 1 N–H and O–H groups in total. The van der Waals surface area contributed by atoms with E-state index in [4.69, 9.17) is 4.74 Å². The third kappa shape index (κ3) is 3.16. The molecule has 0 radical (unpaired) electrons. The molecule has 0 saturated heterocycles. The number of rotatable bonds is 4. The zero-order valence-electron chi connectivity index (χ0n) is 11.6. The number of halogens is 4. The zero-order chi connectivity index (χ0) is 16.3. The average molecular weight is 313 g/mol. The van der Waals surface area contributed by atoms with Crippen molar-refractivity contribution in [2.24, 2.45) is 5.10 Å². The van der Waals surface area contributed by atoms with Crippen LogP contribution in [0.1, 0.15) is 12.5 Å². The first-order valence-electron chi connectivity index (χ1n) is 6.08. The number of methoxy groups -OCH3 is 1. The second kappa shape index (κ2) is 6.42. The number of hydrogen-bond acceptors (Lipinski definition) is 4. The molecule has 0 atom stereocenters. The topological polar surface area (TPSA) is 46.5 Å². The molecule has 2 rings (SSSR count). The van der Waals surface area contributed by atoms with E-state index >= 15 is 0 Å². The lowest BCUT2D eigenvalue weighted by Gasteiger charge is -2.07. The first-order valence-corrected chi connectivity index (χ1v) is 6.08. The van der Waals surface area contributed by atoms with Gasteiger partial charge in [0.05, 0.1) is 12.8 Å². The number of anilines is 1. The summed E-state index contributed by atoms with van der Waals surface area (Å²) in [6.07, 6.45) is 0. The summed E-state index contributed by atoms with van der Waals surface area (Å²) in [5, 5.41) is 3.71. The van der Waals surface area contributed by atoms with E-state index in [1.165, 1.54) is 7.11 Å². The Morgan fingerprint density at radius 1 is 1.05 bits per heavy atom. The van der Waals surface area contributed by atoms with Crippen LogP contribution >= 0.6 is 0 Å². The van der Waals surface area contributed by atoms with Gasteiger partial charge in [0.2, 0.25) is 11.6 Å². The second-order valence-electron chi connectivity index (χ2n) is 4.23. The molecule has 0 bridgehead atoms. The fourth-order valence-corrected chi connectivity index (χ4v) is 1.62. The molecule has 4 nitrogen and oxygen atoms in total. The molecule has 0 fully saturated rings. The molecule has 0 aliphatic carbocycles. The lowest BCUT2D eigenvalue weighted by Crippen LogP contribution is -2.07. The van der Waals surface area contributed by atoms with Gasteiger partial charge in [-0.1, -0.05) is 0 Å². The number of ether oxygens (including phenoxy) is 1. The van der Waals surface area contributed by atoms with Crippen LogP contribution in [0.5, 0.6) is 5.75 Å². The van der Waals surface area contributed by atoms with Crippen LogP contribution in [-0.2, 0) is 0 Å². The van der Waals surface area contributed by atoms with Crippen LogP contribution in [0.4, 0.5) is 23.2 Å². The SMILES string of the molecule is COc1ccc(/C(C)=N/Nc2c(F)c(F)nc(F)c2F)cc1. The molecule has 1 aromatic carbocycles. The Labute approximate surface area is 123 Å². The molecule has 116 valence electrons. The number of hydrazone groups is 1. The maximum absolute atomic E-state index is 13.4. The van der Waals surface area contributed by atoms with Crippen molar-refractivity contribution in [1.82, 2.24) is 4.98 Å². The Bertz CT molecular complexity index is 691. The third-order valence-corrected chi connectivity index (χ3v) is 2.84. The predicted molar refractivity (Wildman–Crippen MR) is 72.9 cm³/mol. The van der Waals surface area contributed by atoms with Crippen LogP contribution in [-0.4, -0.2) is 17.8 Å². The van der Waals surface area contributed by atoms with Gasteiger partial charge in [-0.25, -0.2) is 0 Å². The second-order valence-corrected chi connectivity index (χ2v) is 4.23. The summed E-state index contributed by atoms with van der Waals surface area (Å²) in [5.74, 6) is -6.17. The molecule has 0 saturated carbocycles. The summed E-state index contributed by atoms with van der Waals surface area (Å²) < 4.78 is 57.7. The van der Waals surface area contributed by atoms with Crippen molar-refractivity contribution in [2.45, 2.75) is 6.92 Å². The van der Waals surface area contributed by atoms with Gasteiger partial charge in [0.15, 0.2) is 0 Å². The van der Waals surface area contributed by atoms with Crippen molar-refractivity contribution in [3.05, 3.63) is 53.4 Å². The van der Waals surface area contributed by atoms with Gasteiger partial charge in [0, 0.05) is 0 Å². The summed E-state index contributed by atoms with van der Waals surface area (Å²) in [6.45, 7) is 1.55. The van der Waals surface area contributed by atoms with Gasteiger partial charge in [-0.3, -0.25) is 5.43 Å². The van der Waals surface area contributed by atoms with Gasteiger partial charge >= 0.3 is 0 Å². The first-order chi connectivity index (χ1) is 10.4.